The zero-order chi connectivity index (χ0) is 55.2. The van der Waals surface area contributed by atoms with Crippen LogP contribution in [0.15, 0.2) is 253 Å². The second-order valence-corrected chi connectivity index (χ2v) is 24.2. The van der Waals surface area contributed by atoms with Gasteiger partial charge in [-0.3, -0.25) is 0 Å². The van der Waals surface area contributed by atoms with Gasteiger partial charge in [-0.1, -0.05) is 146 Å². The zero-order valence-corrected chi connectivity index (χ0v) is 48.1. The van der Waals surface area contributed by atoms with Crippen molar-refractivity contribution in [2.24, 2.45) is 0 Å². The van der Waals surface area contributed by atoms with E-state index in [1.807, 2.05) is 22.7 Å². The van der Waals surface area contributed by atoms with Gasteiger partial charge in [0.05, 0.1) is 0 Å². The van der Waals surface area contributed by atoms with E-state index in [4.69, 9.17) is 0 Å². The SMILES string of the molecule is OCCc1ccc(N(c2ccc(/C=C/c3ccc(-c4c5ccccc5c(-c5ccc(/C=C/c6ccc(N(c7ccc(CCO)cc7)c7ccc(-c8cccs8)cc7)cc6)s5)c5ccccc45)s3)cc2)c2ccc(-c3cccs3)cc2)cc1. The lowest BCUT2D eigenvalue weighted by atomic mass is 9.90. The third-order valence-corrected chi connectivity index (χ3v) is 18.9. The van der Waals surface area contributed by atoms with Crippen LogP contribution in [0.5, 0.6) is 0 Å². The van der Waals surface area contributed by atoms with Crippen LogP contribution in [-0.2, 0) is 12.8 Å². The molecule has 0 bridgehead atoms. The Morgan fingerprint density at radius 3 is 0.951 bits per heavy atom. The summed E-state index contributed by atoms with van der Waals surface area (Å²) in [4.78, 5) is 12.0. The van der Waals surface area contributed by atoms with Crippen LogP contribution >= 0.6 is 45.3 Å². The van der Waals surface area contributed by atoms with Crippen LogP contribution in [0.3, 0.4) is 0 Å². The molecule has 4 nitrogen and oxygen atoms in total. The molecule has 2 N–H and O–H groups in total. The summed E-state index contributed by atoms with van der Waals surface area (Å²) in [6.07, 6.45) is 10.2. The molecule has 9 aromatic carbocycles. The van der Waals surface area contributed by atoms with Crippen LogP contribution in [0, 0.1) is 0 Å². The van der Waals surface area contributed by atoms with Crippen LogP contribution in [0.25, 0.3) is 87.6 Å². The van der Waals surface area contributed by atoms with Crippen LogP contribution in [0.2, 0.25) is 0 Å². The highest BCUT2D eigenvalue weighted by Crippen LogP contribution is 2.47. The summed E-state index contributed by atoms with van der Waals surface area (Å²) in [7, 11) is 0. The predicted molar refractivity (Wildman–Crippen MR) is 356 cm³/mol. The average Bonchev–Trinajstić information content (AvgIpc) is 3.74. The van der Waals surface area contributed by atoms with E-state index < -0.39 is 0 Å². The summed E-state index contributed by atoms with van der Waals surface area (Å²) in [5.41, 5.74) is 15.9. The lowest BCUT2D eigenvalue weighted by Crippen LogP contribution is -2.10. The van der Waals surface area contributed by atoms with Gasteiger partial charge in [0.2, 0.25) is 0 Å². The van der Waals surface area contributed by atoms with Gasteiger partial charge in [0.15, 0.2) is 0 Å². The average molecular weight is 1130 g/mol. The molecule has 13 rings (SSSR count). The van der Waals surface area contributed by atoms with Gasteiger partial charge in [0.25, 0.3) is 0 Å². The van der Waals surface area contributed by atoms with Gasteiger partial charge in [0, 0.05) is 87.7 Å². The number of aliphatic hydroxyl groups is 2. The summed E-state index contributed by atoms with van der Waals surface area (Å²) in [6.45, 7) is 0.262. The molecular weight excluding hydrogens is 1080 g/mol. The van der Waals surface area contributed by atoms with E-state index >= 15 is 0 Å². The first-order valence-corrected chi connectivity index (χ1v) is 30.9. The second-order valence-electron chi connectivity index (χ2n) is 20.1. The second kappa shape index (κ2) is 24.2. The highest BCUT2D eigenvalue weighted by molar-refractivity contribution is 7.17. The topological polar surface area (TPSA) is 46.9 Å². The maximum atomic E-state index is 9.57. The fraction of sp³-hybridized carbons (Fsp3) is 0.0541. The smallest absolute Gasteiger partial charge is 0.0471 e. The summed E-state index contributed by atoms with van der Waals surface area (Å²) in [5.74, 6) is 0. The minimum atomic E-state index is 0.131. The number of rotatable bonds is 18. The number of aliphatic hydroxyl groups excluding tert-OH is 2. The number of hydrogen-bond acceptors (Lipinski definition) is 8. The molecule has 8 heteroatoms. The van der Waals surface area contributed by atoms with Gasteiger partial charge in [-0.25, -0.2) is 0 Å². The van der Waals surface area contributed by atoms with E-state index in [-0.39, 0.29) is 13.2 Å². The third kappa shape index (κ3) is 11.2. The molecule has 0 fully saturated rings. The Kier molecular flexibility index (Phi) is 15.5. The van der Waals surface area contributed by atoms with Crippen molar-refractivity contribution in [2.45, 2.75) is 12.8 Å². The molecule has 0 aliphatic carbocycles. The minimum absolute atomic E-state index is 0.131. The summed E-state index contributed by atoms with van der Waals surface area (Å²) in [6, 6.07) is 87.6. The normalized spacial score (nSPS) is 11.6. The van der Waals surface area contributed by atoms with Crippen molar-refractivity contribution in [1.82, 2.24) is 0 Å². The first-order chi connectivity index (χ1) is 40.5. The van der Waals surface area contributed by atoms with E-state index in [2.05, 4.69) is 288 Å². The number of anilines is 6. The monoisotopic (exact) mass is 1130 g/mol. The number of hydrogen-bond donors (Lipinski definition) is 2. The quantitative estimate of drug-likeness (QED) is 0.0841. The Balaban J connectivity index is 0.747. The summed E-state index contributed by atoms with van der Waals surface area (Å²) in [5, 5.41) is 28.4. The van der Waals surface area contributed by atoms with Gasteiger partial charge in [-0.2, -0.15) is 0 Å². The van der Waals surface area contributed by atoms with Crippen molar-refractivity contribution in [2.75, 3.05) is 23.0 Å². The molecule has 4 heterocycles. The summed E-state index contributed by atoms with van der Waals surface area (Å²) < 4.78 is 0. The van der Waals surface area contributed by atoms with Crippen LogP contribution in [0.4, 0.5) is 34.1 Å². The minimum Gasteiger partial charge on any atom is -0.396 e. The van der Waals surface area contributed by atoms with Crippen molar-refractivity contribution in [3.05, 3.63) is 285 Å². The lowest BCUT2D eigenvalue weighted by Gasteiger charge is -2.26. The predicted octanol–water partition coefficient (Wildman–Crippen LogP) is 21.3. The van der Waals surface area contributed by atoms with Crippen LogP contribution in [-0.4, -0.2) is 23.4 Å². The van der Waals surface area contributed by atoms with E-state index in [0.29, 0.717) is 12.8 Å². The molecular formula is C74H56N2O2S4. The number of nitrogens with zero attached hydrogens (tertiary/aromatic N) is 2. The highest BCUT2D eigenvalue weighted by Gasteiger charge is 2.20. The molecule has 4 aromatic heterocycles. The molecule has 398 valence electrons. The number of thiophene rings is 4. The molecule has 0 saturated carbocycles. The van der Waals surface area contributed by atoms with Crippen molar-refractivity contribution in [1.29, 1.82) is 0 Å². The van der Waals surface area contributed by atoms with Crippen molar-refractivity contribution in [3.8, 4) is 41.8 Å². The van der Waals surface area contributed by atoms with E-state index in [1.165, 1.54) is 73.1 Å². The maximum Gasteiger partial charge on any atom is 0.0471 e. The van der Waals surface area contributed by atoms with Gasteiger partial charge >= 0.3 is 0 Å². The standard InChI is InChI=1S/C74H56N2O2S4/c77-47-45-53-17-31-59(32-18-53)75(61-35-23-55(24-36-61)69-11-5-49-79-69)57-27-13-51(14-28-57)21-39-63-41-43-71(81-63)73-65-7-1-2-8-66(65)74(68-10-4-3-9-67(68)73)72-44-42-64(82-72)40-22-52-15-29-58(30-16-52)76(60-33-19-54(20-34-60)46-48-78)62-37-25-56(26-38-62)70-12-6-50-80-70/h1-44,49-50,77-78H,45-48H2/b39-21+,40-22+. The Morgan fingerprint density at radius 2 is 0.634 bits per heavy atom. The zero-order valence-electron chi connectivity index (χ0n) is 44.8. The summed E-state index contributed by atoms with van der Waals surface area (Å²) >= 11 is 7.16. The molecule has 0 aliphatic heterocycles. The fourth-order valence-corrected chi connectivity index (χ4v) is 14.3. The molecule has 0 spiro atoms. The van der Waals surface area contributed by atoms with Gasteiger partial charge in [-0.05, 0) is 200 Å². The largest absolute Gasteiger partial charge is 0.396 e. The van der Waals surface area contributed by atoms with Gasteiger partial charge in [-0.15, -0.1) is 45.3 Å². The van der Waals surface area contributed by atoms with Crippen molar-refractivity contribution >= 4 is 125 Å². The Hall–Kier alpha value is -8.70. The van der Waals surface area contributed by atoms with Crippen LogP contribution in [0.1, 0.15) is 32.0 Å². The first kappa shape index (κ1) is 52.7. The molecule has 0 unspecified atom stereocenters. The lowest BCUT2D eigenvalue weighted by molar-refractivity contribution is 0.299. The van der Waals surface area contributed by atoms with E-state index in [0.717, 1.165) is 56.4 Å². The van der Waals surface area contributed by atoms with E-state index in [1.54, 1.807) is 22.7 Å². The van der Waals surface area contributed by atoms with Gasteiger partial charge < -0.3 is 20.0 Å². The van der Waals surface area contributed by atoms with Gasteiger partial charge in [0.1, 0.15) is 0 Å². The Labute approximate surface area is 495 Å². The first-order valence-electron chi connectivity index (χ1n) is 27.5. The molecule has 82 heavy (non-hydrogen) atoms. The van der Waals surface area contributed by atoms with Crippen molar-refractivity contribution in [3.63, 3.8) is 0 Å². The third-order valence-electron chi connectivity index (χ3n) is 14.9. The number of benzene rings is 9. The maximum absolute atomic E-state index is 9.57. The fourth-order valence-electron chi connectivity index (χ4n) is 10.8. The molecule has 0 amide bonds. The molecule has 0 atom stereocenters. The highest BCUT2D eigenvalue weighted by atomic mass is 32.1. The number of fused-ring (bicyclic) bond motifs is 2. The Bertz CT molecular complexity index is 3970. The Morgan fingerprint density at radius 1 is 0.305 bits per heavy atom. The molecule has 0 radical (unpaired) electrons. The van der Waals surface area contributed by atoms with E-state index in [9.17, 15) is 10.2 Å². The van der Waals surface area contributed by atoms with Crippen LogP contribution < -0.4 is 9.80 Å². The molecule has 0 saturated heterocycles. The molecule has 0 aliphatic rings. The van der Waals surface area contributed by atoms with Crippen molar-refractivity contribution < 1.29 is 10.2 Å². The molecule has 13 aromatic rings.